The molecule has 18 heavy (non-hydrogen) atoms. The molecule has 2 rings (SSSR count). The summed E-state index contributed by atoms with van der Waals surface area (Å²) in [6, 6.07) is 4.66. The molecule has 96 valence electrons. The molecule has 6 heteroatoms. The lowest BCUT2D eigenvalue weighted by molar-refractivity contribution is 0.359. The van der Waals surface area contributed by atoms with Gasteiger partial charge in [0.25, 0.3) is 0 Å². The molecule has 1 aromatic carbocycles. The molecule has 1 heterocycles. The fourth-order valence-corrected chi connectivity index (χ4v) is 1.57. The quantitative estimate of drug-likeness (QED) is 0.612. The van der Waals surface area contributed by atoms with Gasteiger partial charge in [-0.1, -0.05) is 11.2 Å². The van der Waals surface area contributed by atoms with E-state index in [0.717, 1.165) is 5.69 Å². The van der Waals surface area contributed by atoms with E-state index in [1.165, 1.54) is 12.1 Å². The number of phenolic OH excluding ortho intramolecular Hbond substituents is 3. The summed E-state index contributed by atoms with van der Waals surface area (Å²) in [6.07, 6.45) is 0. The molecule has 4 N–H and O–H groups in total. The van der Waals surface area contributed by atoms with Gasteiger partial charge in [-0.25, -0.2) is 0 Å². The van der Waals surface area contributed by atoms with Crippen LogP contribution in [0, 0.1) is 6.92 Å². The summed E-state index contributed by atoms with van der Waals surface area (Å²) in [5, 5.41) is 34.9. The molecule has 0 aliphatic rings. The molecule has 0 atom stereocenters. The number of aryl methyl sites for hydroxylation is 1. The molecule has 0 spiro atoms. The Morgan fingerprint density at radius 2 is 1.94 bits per heavy atom. The van der Waals surface area contributed by atoms with Gasteiger partial charge in [-0.2, -0.15) is 0 Å². The first kappa shape index (κ1) is 12.3. The van der Waals surface area contributed by atoms with Crippen LogP contribution in [0.15, 0.2) is 22.7 Å². The van der Waals surface area contributed by atoms with Crippen molar-refractivity contribution in [2.24, 2.45) is 0 Å². The molecule has 0 saturated carbocycles. The van der Waals surface area contributed by atoms with Crippen LogP contribution < -0.4 is 5.32 Å². The number of aromatic hydroxyl groups is 3. The third kappa shape index (κ3) is 2.54. The zero-order chi connectivity index (χ0) is 13.1. The van der Waals surface area contributed by atoms with Gasteiger partial charge in [-0.05, 0) is 13.0 Å². The van der Waals surface area contributed by atoms with E-state index in [0.29, 0.717) is 24.4 Å². The highest BCUT2D eigenvalue weighted by Gasteiger charge is 2.10. The Labute approximate surface area is 103 Å². The molecular weight excluding hydrogens is 236 g/mol. The molecule has 0 saturated heterocycles. The Morgan fingerprint density at radius 3 is 2.61 bits per heavy atom. The molecule has 0 aliphatic carbocycles. The SMILES string of the molecule is Cc1cc(CNCc2ccc(O)c(O)c2O)on1. The van der Waals surface area contributed by atoms with E-state index in [9.17, 15) is 15.3 Å². The molecule has 0 bridgehead atoms. The predicted molar refractivity (Wildman–Crippen MR) is 63.2 cm³/mol. The maximum atomic E-state index is 9.59. The zero-order valence-electron chi connectivity index (χ0n) is 9.84. The van der Waals surface area contributed by atoms with E-state index < -0.39 is 5.75 Å². The molecule has 2 aromatic rings. The monoisotopic (exact) mass is 250 g/mol. The van der Waals surface area contributed by atoms with Crippen LogP contribution in [-0.2, 0) is 13.1 Å². The average Bonchev–Trinajstić information content (AvgIpc) is 2.75. The van der Waals surface area contributed by atoms with Crippen molar-refractivity contribution >= 4 is 0 Å². The fraction of sp³-hybridized carbons (Fsp3) is 0.250. The highest BCUT2D eigenvalue weighted by molar-refractivity contribution is 5.52. The molecule has 0 amide bonds. The minimum atomic E-state index is -0.509. The van der Waals surface area contributed by atoms with Crippen LogP contribution >= 0.6 is 0 Å². The molecule has 0 unspecified atom stereocenters. The van der Waals surface area contributed by atoms with E-state index in [-0.39, 0.29) is 11.5 Å². The van der Waals surface area contributed by atoms with Crippen LogP contribution in [0.1, 0.15) is 17.0 Å². The van der Waals surface area contributed by atoms with Gasteiger partial charge in [0.1, 0.15) is 0 Å². The molecule has 0 radical (unpaired) electrons. The van der Waals surface area contributed by atoms with E-state index in [1.54, 1.807) is 6.07 Å². The summed E-state index contributed by atoms with van der Waals surface area (Å²) in [4.78, 5) is 0. The second kappa shape index (κ2) is 4.97. The third-order valence-electron chi connectivity index (χ3n) is 2.50. The topological polar surface area (TPSA) is 98.8 Å². The Hall–Kier alpha value is -2.21. The predicted octanol–water partition coefficient (Wildman–Crippen LogP) is 1.39. The van der Waals surface area contributed by atoms with Gasteiger partial charge < -0.3 is 25.2 Å². The zero-order valence-corrected chi connectivity index (χ0v) is 9.84. The van der Waals surface area contributed by atoms with Crippen molar-refractivity contribution in [3.63, 3.8) is 0 Å². The van der Waals surface area contributed by atoms with E-state index >= 15 is 0 Å². The second-order valence-electron chi connectivity index (χ2n) is 3.98. The standard InChI is InChI=1S/C12H14N2O4/c1-7-4-9(18-14-7)6-13-5-8-2-3-10(15)12(17)11(8)16/h2-4,13,15-17H,5-6H2,1H3. The van der Waals surface area contributed by atoms with Crippen molar-refractivity contribution < 1.29 is 19.8 Å². The summed E-state index contributed by atoms with van der Waals surface area (Å²) in [5.74, 6) is -0.488. The van der Waals surface area contributed by atoms with Crippen molar-refractivity contribution in [3.05, 3.63) is 35.2 Å². The van der Waals surface area contributed by atoms with Crippen LogP contribution in [-0.4, -0.2) is 20.5 Å². The minimum Gasteiger partial charge on any atom is -0.504 e. The minimum absolute atomic E-state index is 0.323. The van der Waals surface area contributed by atoms with E-state index in [4.69, 9.17) is 4.52 Å². The van der Waals surface area contributed by atoms with Gasteiger partial charge in [0.2, 0.25) is 5.75 Å². The lowest BCUT2D eigenvalue weighted by Crippen LogP contribution is -2.12. The third-order valence-corrected chi connectivity index (χ3v) is 2.50. The second-order valence-corrected chi connectivity index (χ2v) is 3.98. The Bertz CT molecular complexity index is 551. The Morgan fingerprint density at radius 1 is 1.17 bits per heavy atom. The summed E-state index contributed by atoms with van der Waals surface area (Å²) < 4.78 is 5.01. The van der Waals surface area contributed by atoms with Crippen LogP contribution in [0.2, 0.25) is 0 Å². The van der Waals surface area contributed by atoms with Crippen molar-refractivity contribution in [3.8, 4) is 17.2 Å². The first-order chi connectivity index (χ1) is 8.58. The van der Waals surface area contributed by atoms with Crippen LogP contribution in [0.25, 0.3) is 0 Å². The normalized spacial score (nSPS) is 10.7. The maximum absolute atomic E-state index is 9.59. The maximum Gasteiger partial charge on any atom is 0.200 e. The smallest absolute Gasteiger partial charge is 0.200 e. The number of hydrogen-bond acceptors (Lipinski definition) is 6. The highest BCUT2D eigenvalue weighted by atomic mass is 16.5. The van der Waals surface area contributed by atoms with E-state index in [2.05, 4.69) is 10.5 Å². The van der Waals surface area contributed by atoms with Gasteiger partial charge in [0.15, 0.2) is 17.3 Å². The van der Waals surface area contributed by atoms with Gasteiger partial charge in [-0.15, -0.1) is 0 Å². The Balaban J connectivity index is 1.96. The van der Waals surface area contributed by atoms with E-state index in [1.807, 2.05) is 6.92 Å². The molecule has 0 aliphatic heterocycles. The molecule has 1 aromatic heterocycles. The van der Waals surface area contributed by atoms with Crippen LogP contribution in [0.5, 0.6) is 17.2 Å². The number of rotatable bonds is 4. The summed E-state index contributed by atoms with van der Waals surface area (Å²) in [5.41, 5.74) is 1.29. The van der Waals surface area contributed by atoms with Gasteiger partial charge in [0, 0.05) is 18.2 Å². The van der Waals surface area contributed by atoms with Gasteiger partial charge in [-0.3, -0.25) is 0 Å². The van der Waals surface area contributed by atoms with Crippen molar-refractivity contribution in [2.45, 2.75) is 20.0 Å². The summed E-state index contributed by atoms with van der Waals surface area (Å²) >= 11 is 0. The Kier molecular flexibility index (Phi) is 3.38. The molecular formula is C12H14N2O4. The van der Waals surface area contributed by atoms with Gasteiger partial charge >= 0.3 is 0 Å². The average molecular weight is 250 g/mol. The lowest BCUT2D eigenvalue weighted by atomic mass is 10.1. The van der Waals surface area contributed by atoms with Crippen molar-refractivity contribution in [2.75, 3.05) is 0 Å². The largest absolute Gasteiger partial charge is 0.504 e. The number of phenols is 3. The lowest BCUT2D eigenvalue weighted by Gasteiger charge is -2.07. The van der Waals surface area contributed by atoms with Gasteiger partial charge in [0.05, 0.1) is 12.2 Å². The first-order valence-corrected chi connectivity index (χ1v) is 5.43. The van der Waals surface area contributed by atoms with Crippen LogP contribution in [0.3, 0.4) is 0 Å². The van der Waals surface area contributed by atoms with Crippen molar-refractivity contribution in [1.29, 1.82) is 0 Å². The number of nitrogens with zero attached hydrogens (tertiary/aromatic N) is 1. The number of hydrogen-bond donors (Lipinski definition) is 4. The fourth-order valence-electron chi connectivity index (χ4n) is 1.57. The first-order valence-electron chi connectivity index (χ1n) is 5.43. The van der Waals surface area contributed by atoms with Crippen molar-refractivity contribution in [1.82, 2.24) is 10.5 Å². The number of nitrogens with one attached hydrogen (secondary N) is 1. The summed E-state index contributed by atoms with van der Waals surface area (Å²) in [7, 11) is 0. The molecule has 6 nitrogen and oxygen atoms in total. The number of benzene rings is 1. The number of aromatic nitrogens is 1. The highest BCUT2D eigenvalue weighted by Crippen LogP contribution is 2.36. The summed E-state index contributed by atoms with van der Waals surface area (Å²) in [6.45, 7) is 2.62. The molecule has 0 fully saturated rings. The van der Waals surface area contributed by atoms with Crippen LogP contribution in [0.4, 0.5) is 0 Å².